The first-order chi connectivity index (χ1) is 10.6. The predicted molar refractivity (Wildman–Crippen MR) is 81.6 cm³/mol. The van der Waals surface area contributed by atoms with E-state index in [2.05, 4.69) is 30.4 Å². The number of aromatic nitrogens is 4. The van der Waals surface area contributed by atoms with E-state index >= 15 is 0 Å². The van der Waals surface area contributed by atoms with Crippen molar-refractivity contribution in [3.8, 4) is 0 Å². The van der Waals surface area contributed by atoms with Crippen LogP contribution in [0.25, 0.3) is 11.0 Å². The highest BCUT2D eigenvalue weighted by molar-refractivity contribution is 7.13. The van der Waals surface area contributed by atoms with Crippen LogP contribution in [0.2, 0.25) is 0 Å². The Morgan fingerprint density at radius 2 is 2.00 bits per heavy atom. The smallest absolute Gasteiger partial charge is 0.360 e. The van der Waals surface area contributed by atoms with E-state index in [0.29, 0.717) is 5.13 Å². The average Bonchev–Trinajstić information content (AvgIpc) is 3.13. The van der Waals surface area contributed by atoms with Gasteiger partial charge in [0.2, 0.25) is 5.71 Å². The molecule has 0 saturated carbocycles. The van der Waals surface area contributed by atoms with E-state index < -0.39 is 5.97 Å². The number of aliphatic carboxylic acids is 1. The average molecular weight is 320 g/mol. The van der Waals surface area contributed by atoms with Gasteiger partial charge in [-0.15, -0.1) is 11.3 Å². The Morgan fingerprint density at radius 1 is 1.36 bits per heavy atom. The molecular weight excluding hydrogens is 308 g/mol. The summed E-state index contributed by atoms with van der Waals surface area (Å²) in [6.07, 6.45) is 0. The number of nitrogen functional groups attached to an aromatic ring is 1. The lowest BCUT2D eigenvalue weighted by Gasteiger charge is -1.94. The summed E-state index contributed by atoms with van der Waals surface area (Å²) < 4.78 is 0. The maximum atomic E-state index is 10.6. The van der Waals surface area contributed by atoms with Gasteiger partial charge >= 0.3 is 5.97 Å². The van der Waals surface area contributed by atoms with E-state index in [9.17, 15) is 4.79 Å². The second kappa shape index (κ2) is 7.13. The lowest BCUT2D eigenvalue weighted by Crippen LogP contribution is -2.15. The number of carboxylic acid groups (broad SMARTS) is 1. The highest BCUT2D eigenvalue weighted by atomic mass is 32.1. The predicted octanol–water partition coefficient (Wildman–Crippen LogP) is 1.12. The SMILES string of the molecule is CON=C(C(=O)O)c1csc(N)n1.c1ccc2n[nH]nc2c1. The molecule has 0 radical (unpaired) electrons. The van der Waals surface area contributed by atoms with Gasteiger partial charge in [-0.05, 0) is 12.1 Å². The van der Waals surface area contributed by atoms with E-state index in [4.69, 9.17) is 10.8 Å². The minimum absolute atomic E-state index is 0.205. The topological polar surface area (TPSA) is 139 Å². The van der Waals surface area contributed by atoms with Gasteiger partial charge in [0.25, 0.3) is 0 Å². The Balaban J connectivity index is 0.000000170. The number of fused-ring (bicyclic) bond motifs is 1. The van der Waals surface area contributed by atoms with Gasteiger partial charge in [-0.1, -0.05) is 17.3 Å². The van der Waals surface area contributed by atoms with Crippen molar-refractivity contribution in [3.63, 3.8) is 0 Å². The first-order valence-corrected chi connectivity index (χ1v) is 6.81. The van der Waals surface area contributed by atoms with Crippen LogP contribution in [0.15, 0.2) is 34.8 Å². The number of carbonyl (C=O) groups is 1. The summed E-state index contributed by atoms with van der Waals surface area (Å²) in [5.41, 5.74) is 7.11. The minimum atomic E-state index is -1.20. The molecule has 1 aromatic carbocycles. The van der Waals surface area contributed by atoms with Crippen LogP contribution in [-0.2, 0) is 9.63 Å². The van der Waals surface area contributed by atoms with E-state index in [1.807, 2.05) is 24.3 Å². The van der Waals surface area contributed by atoms with E-state index in [1.165, 1.54) is 12.5 Å². The molecule has 0 unspecified atom stereocenters. The molecule has 2 aromatic heterocycles. The highest BCUT2D eigenvalue weighted by Crippen LogP contribution is 2.12. The van der Waals surface area contributed by atoms with Crippen molar-refractivity contribution in [1.82, 2.24) is 20.4 Å². The third-order valence-electron chi connectivity index (χ3n) is 2.37. The lowest BCUT2D eigenvalue weighted by molar-refractivity contribution is -0.129. The molecule has 3 rings (SSSR count). The molecule has 22 heavy (non-hydrogen) atoms. The number of rotatable bonds is 3. The number of hydrogen-bond acceptors (Lipinski definition) is 8. The summed E-state index contributed by atoms with van der Waals surface area (Å²) in [4.78, 5) is 18.7. The minimum Gasteiger partial charge on any atom is -0.476 e. The molecule has 0 aliphatic heterocycles. The Hall–Kier alpha value is -3.01. The summed E-state index contributed by atoms with van der Waals surface area (Å²) >= 11 is 1.14. The molecule has 114 valence electrons. The number of nitrogens with one attached hydrogen (secondary N) is 1. The summed E-state index contributed by atoms with van der Waals surface area (Å²) in [7, 11) is 1.26. The van der Waals surface area contributed by atoms with Gasteiger partial charge in [0.1, 0.15) is 23.8 Å². The summed E-state index contributed by atoms with van der Waals surface area (Å²) in [5.74, 6) is -1.20. The van der Waals surface area contributed by atoms with Gasteiger partial charge in [0.05, 0.1) is 0 Å². The van der Waals surface area contributed by atoms with Crippen LogP contribution in [0.5, 0.6) is 0 Å². The molecule has 3 aromatic rings. The number of nitrogens with two attached hydrogens (primary N) is 1. The molecule has 0 amide bonds. The Morgan fingerprint density at radius 3 is 2.45 bits per heavy atom. The van der Waals surface area contributed by atoms with E-state index in [1.54, 1.807) is 0 Å². The molecule has 0 aliphatic rings. The van der Waals surface area contributed by atoms with Crippen LogP contribution in [-0.4, -0.2) is 44.3 Å². The van der Waals surface area contributed by atoms with Crippen LogP contribution >= 0.6 is 11.3 Å². The normalized spacial score (nSPS) is 10.9. The van der Waals surface area contributed by atoms with Crippen molar-refractivity contribution in [2.75, 3.05) is 12.8 Å². The van der Waals surface area contributed by atoms with Gasteiger partial charge in [0, 0.05) is 5.38 Å². The van der Waals surface area contributed by atoms with Gasteiger partial charge < -0.3 is 15.7 Å². The first kappa shape index (κ1) is 15.4. The monoisotopic (exact) mass is 320 g/mol. The molecule has 0 bridgehead atoms. The number of aromatic amines is 1. The van der Waals surface area contributed by atoms with E-state index in [-0.39, 0.29) is 11.4 Å². The van der Waals surface area contributed by atoms with Crippen LogP contribution in [0.3, 0.4) is 0 Å². The molecular formula is C12H12N6O3S. The molecule has 0 saturated heterocycles. The highest BCUT2D eigenvalue weighted by Gasteiger charge is 2.16. The molecule has 9 nitrogen and oxygen atoms in total. The Kier molecular flexibility index (Phi) is 4.98. The third-order valence-corrected chi connectivity index (χ3v) is 3.05. The second-order valence-corrected chi connectivity index (χ2v) is 4.70. The van der Waals surface area contributed by atoms with Crippen LogP contribution in [0.1, 0.15) is 5.69 Å². The number of nitrogens with zero attached hydrogens (tertiary/aromatic N) is 4. The van der Waals surface area contributed by atoms with Gasteiger partial charge in [-0.2, -0.15) is 15.4 Å². The summed E-state index contributed by atoms with van der Waals surface area (Å²) in [6, 6.07) is 7.70. The van der Waals surface area contributed by atoms with Crippen LogP contribution in [0.4, 0.5) is 5.13 Å². The van der Waals surface area contributed by atoms with Crippen molar-refractivity contribution in [1.29, 1.82) is 0 Å². The molecule has 0 fully saturated rings. The standard InChI is InChI=1S/C6H7N3O3S.C6H5N3/c1-12-9-4(5(10)11)3-2-13-6(7)8-3;1-2-4-6-5(3-1)7-9-8-6/h2H,1H3,(H2,7,8)(H,10,11);1-4H,(H,7,8,9). The lowest BCUT2D eigenvalue weighted by atomic mass is 10.3. The maximum absolute atomic E-state index is 10.6. The van der Waals surface area contributed by atoms with Gasteiger partial charge in [-0.25, -0.2) is 9.78 Å². The van der Waals surface area contributed by atoms with E-state index in [0.717, 1.165) is 22.4 Å². The zero-order valence-electron chi connectivity index (χ0n) is 11.4. The van der Waals surface area contributed by atoms with Crippen LogP contribution < -0.4 is 5.73 Å². The van der Waals surface area contributed by atoms with Crippen molar-refractivity contribution in [2.24, 2.45) is 5.16 Å². The number of para-hydroxylation sites is 2. The second-order valence-electron chi connectivity index (χ2n) is 3.81. The van der Waals surface area contributed by atoms with Crippen molar-refractivity contribution >= 4 is 39.2 Å². The quantitative estimate of drug-likeness (QED) is 0.485. The number of thiazole rings is 1. The number of oxime groups is 1. The Labute approximate surface area is 128 Å². The zero-order valence-corrected chi connectivity index (χ0v) is 12.2. The molecule has 2 heterocycles. The summed E-state index contributed by atoms with van der Waals surface area (Å²) in [5, 5.41) is 24.1. The largest absolute Gasteiger partial charge is 0.476 e. The molecule has 0 aliphatic carbocycles. The van der Waals surface area contributed by atoms with Gasteiger partial charge in [0.15, 0.2) is 5.13 Å². The number of H-pyrrole nitrogens is 1. The van der Waals surface area contributed by atoms with Crippen molar-refractivity contribution in [2.45, 2.75) is 0 Å². The summed E-state index contributed by atoms with van der Waals surface area (Å²) in [6.45, 7) is 0. The molecule has 0 atom stereocenters. The zero-order chi connectivity index (χ0) is 15.9. The fourth-order valence-electron chi connectivity index (χ4n) is 1.47. The number of anilines is 1. The molecule has 4 N–H and O–H groups in total. The first-order valence-electron chi connectivity index (χ1n) is 5.93. The Bertz CT molecular complexity index is 767. The van der Waals surface area contributed by atoms with Crippen molar-refractivity contribution < 1.29 is 14.7 Å². The van der Waals surface area contributed by atoms with Gasteiger partial charge in [-0.3, -0.25) is 0 Å². The third kappa shape index (κ3) is 3.76. The van der Waals surface area contributed by atoms with Crippen molar-refractivity contribution in [3.05, 3.63) is 35.3 Å². The van der Waals surface area contributed by atoms with Crippen LogP contribution in [0, 0.1) is 0 Å². The fraction of sp³-hybridized carbons (Fsp3) is 0.0833. The number of hydrogen-bond donors (Lipinski definition) is 3. The number of benzene rings is 1. The maximum Gasteiger partial charge on any atom is 0.360 e. The molecule has 0 spiro atoms. The fourth-order valence-corrected chi connectivity index (χ4v) is 2.02. The molecule has 10 heteroatoms. The number of carboxylic acids is 1.